The Morgan fingerprint density at radius 2 is 1.94 bits per heavy atom. The molecule has 0 atom stereocenters. The van der Waals surface area contributed by atoms with Crippen molar-refractivity contribution in [1.82, 2.24) is 15.1 Å². The highest BCUT2D eigenvalue weighted by atomic mass is 15.3. The molecular formula is C15H27N3. The van der Waals surface area contributed by atoms with Gasteiger partial charge in [0.15, 0.2) is 0 Å². The Labute approximate surface area is 111 Å². The SMILES string of the molecule is C=C(CC)Cn1nc(C)c(CNC(C)(C)C)c1C. The summed E-state index contributed by atoms with van der Waals surface area (Å²) in [4.78, 5) is 0. The first-order valence-corrected chi connectivity index (χ1v) is 6.69. The molecular weight excluding hydrogens is 222 g/mol. The van der Waals surface area contributed by atoms with Crippen LogP contribution in [0.25, 0.3) is 0 Å². The summed E-state index contributed by atoms with van der Waals surface area (Å²) >= 11 is 0. The lowest BCUT2D eigenvalue weighted by molar-refractivity contribution is 0.423. The highest BCUT2D eigenvalue weighted by Crippen LogP contribution is 2.16. The maximum atomic E-state index is 4.61. The third-order valence-corrected chi connectivity index (χ3v) is 3.20. The van der Waals surface area contributed by atoms with Crippen LogP contribution in [0.15, 0.2) is 12.2 Å². The molecule has 0 spiro atoms. The lowest BCUT2D eigenvalue weighted by Gasteiger charge is -2.20. The fourth-order valence-corrected chi connectivity index (χ4v) is 1.82. The Bertz CT molecular complexity index is 422. The van der Waals surface area contributed by atoms with Gasteiger partial charge in [0.2, 0.25) is 0 Å². The van der Waals surface area contributed by atoms with Crippen LogP contribution in [0, 0.1) is 13.8 Å². The molecule has 0 aliphatic rings. The number of hydrogen-bond acceptors (Lipinski definition) is 2. The quantitative estimate of drug-likeness (QED) is 0.811. The van der Waals surface area contributed by atoms with Gasteiger partial charge in [-0.2, -0.15) is 5.10 Å². The second kappa shape index (κ2) is 5.70. The number of aromatic nitrogens is 2. The molecule has 1 aromatic rings. The maximum Gasteiger partial charge on any atom is 0.0641 e. The van der Waals surface area contributed by atoms with E-state index in [0.29, 0.717) is 0 Å². The zero-order valence-electron chi connectivity index (χ0n) is 12.7. The van der Waals surface area contributed by atoms with E-state index in [-0.39, 0.29) is 5.54 Å². The molecule has 0 aromatic carbocycles. The number of allylic oxidation sites excluding steroid dienone is 1. The van der Waals surface area contributed by atoms with E-state index in [0.717, 1.165) is 25.2 Å². The predicted octanol–water partition coefficient (Wildman–Crippen LogP) is 3.35. The van der Waals surface area contributed by atoms with Gasteiger partial charge in [0, 0.05) is 23.3 Å². The fourth-order valence-electron chi connectivity index (χ4n) is 1.82. The van der Waals surface area contributed by atoms with Gasteiger partial charge in [0.25, 0.3) is 0 Å². The van der Waals surface area contributed by atoms with Gasteiger partial charge in [0.1, 0.15) is 0 Å². The summed E-state index contributed by atoms with van der Waals surface area (Å²) in [6, 6.07) is 0. The summed E-state index contributed by atoms with van der Waals surface area (Å²) in [6.45, 7) is 18.7. The van der Waals surface area contributed by atoms with Crippen molar-refractivity contribution in [2.24, 2.45) is 0 Å². The molecule has 0 bridgehead atoms. The van der Waals surface area contributed by atoms with Crippen molar-refractivity contribution in [1.29, 1.82) is 0 Å². The second-order valence-electron chi connectivity index (χ2n) is 6.01. The normalized spacial score (nSPS) is 11.9. The third kappa shape index (κ3) is 3.98. The molecule has 3 nitrogen and oxygen atoms in total. The first-order valence-electron chi connectivity index (χ1n) is 6.69. The second-order valence-corrected chi connectivity index (χ2v) is 6.01. The van der Waals surface area contributed by atoms with Crippen molar-refractivity contribution in [3.63, 3.8) is 0 Å². The van der Waals surface area contributed by atoms with E-state index in [9.17, 15) is 0 Å². The standard InChI is InChI=1S/C15H27N3/c1-8-11(2)10-18-13(4)14(12(3)17-18)9-16-15(5,6)7/h16H,2,8-10H2,1,3-7H3. The molecule has 0 saturated heterocycles. The van der Waals surface area contributed by atoms with Crippen LogP contribution >= 0.6 is 0 Å². The fraction of sp³-hybridized carbons (Fsp3) is 0.667. The number of nitrogens with zero attached hydrogens (tertiary/aromatic N) is 2. The van der Waals surface area contributed by atoms with Gasteiger partial charge in [-0.25, -0.2) is 0 Å². The summed E-state index contributed by atoms with van der Waals surface area (Å²) in [5, 5.41) is 8.14. The highest BCUT2D eigenvalue weighted by molar-refractivity contribution is 5.25. The average Bonchev–Trinajstić information content (AvgIpc) is 2.50. The van der Waals surface area contributed by atoms with E-state index in [4.69, 9.17) is 0 Å². The first-order chi connectivity index (χ1) is 8.24. The summed E-state index contributed by atoms with van der Waals surface area (Å²) < 4.78 is 2.07. The zero-order chi connectivity index (χ0) is 13.9. The van der Waals surface area contributed by atoms with E-state index in [2.05, 4.69) is 63.2 Å². The van der Waals surface area contributed by atoms with Crippen LogP contribution in [0.4, 0.5) is 0 Å². The summed E-state index contributed by atoms with van der Waals surface area (Å²) in [7, 11) is 0. The van der Waals surface area contributed by atoms with Crippen LogP contribution in [0.2, 0.25) is 0 Å². The van der Waals surface area contributed by atoms with Crippen LogP contribution in [0.5, 0.6) is 0 Å². The highest BCUT2D eigenvalue weighted by Gasteiger charge is 2.15. The molecule has 0 fully saturated rings. The van der Waals surface area contributed by atoms with Gasteiger partial charge in [-0.1, -0.05) is 19.1 Å². The van der Waals surface area contributed by atoms with E-state index in [1.54, 1.807) is 0 Å². The minimum absolute atomic E-state index is 0.133. The number of nitrogens with one attached hydrogen (secondary N) is 1. The lowest BCUT2D eigenvalue weighted by Crippen LogP contribution is -2.35. The van der Waals surface area contributed by atoms with Gasteiger partial charge >= 0.3 is 0 Å². The molecule has 3 heteroatoms. The third-order valence-electron chi connectivity index (χ3n) is 3.20. The molecule has 0 amide bonds. The van der Waals surface area contributed by atoms with E-state index in [1.165, 1.54) is 16.8 Å². The predicted molar refractivity (Wildman–Crippen MR) is 77.7 cm³/mol. The monoisotopic (exact) mass is 249 g/mol. The van der Waals surface area contributed by atoms with Crippen LogP contribution in [0.1, 0.15) is 51.1 Å². The van der Waals surface area contributed by atoms with Crippen LogP contribution in [-0.4, -0.2) is 15.3 Å². The summed E-state index contributed by atoms with van der Waals surface area (Å²) in [5.41, 5.74) is 5.03. The molecule has 0 aliphatic heterocycles. The molecule has 18 heavy (non-hydrogen) atoms. The molecule has 1 aromatic heterocycles. The lowest BCUT2D eigenvalue weighted by atomic mass is 10.1. The van der Waals surface area contributed by atoms with Crippen LogP contribution < -0.4 is 5.32 Å². The Morgan fingerprint density at radius 1 is 1.33 bits per heavy atom. The van der Waals surface area contributed by atoms with Crippen molar-refractivity contribution < 1.29 is 0 Å². The molecule has 0 saturated carbocycles. The Kier molecular flexibility index (Phi) is 4.74. The molecule has 1 rings (SSSR count). The van der Waals surface area contributed by atoms with Crippen LogP contribution in [0.3, 0.4) is 0 Å². The molecule has 1 N–H and O–H groups in total. The number of hydrogen-bond donors (Lipinski definition) is 1. The number of rotatable bonds is 5. The van der Waals surface area contributed by atoms with Crippen molar-refractivity contribution in [2.45, 2.75) is 66.6 Å². The molecule has 0 unspecified atom stereocenters. The van der Waals surface area contributed by atoms with E-state index in [1.807, 2.05) is 0 Å². The van der Waals surface area contributed by atoms with E-state index >= 15 is 0 Å². The molecule has 0 radical (unpaired) electrons. The number of aryl methyl sites for hydroxylation is 1. The molecule has 0 aliphatic carbocycles. The summed E-state index contributed by atoms with van der Waals surface area (Å²) in [5.74, 6) is 0. The first kappa shape index (κ1) is 15.0. The smallest absolute Gasteiger partial charge is 0.0641 e. The van der Waals surface area contributed by atoms with Crippen molar-refractivity contribution in [3.05, 3.63) is 29.1 Å². The van der Waals surface area contributed by atoms with Crippen molar-refractivity contribution in [3.8, 4) is 0 Å². The van der Waals surface area contributed by atoms with Crippen LogP contribution in [-0.2, 0) is 13.1 Å². The van der Waals surface area contributed by atoms with Crippen molar-refractivity contribution in [2.75, 3.05) is 0 Å². The Morgan fingerprint density at radius 3 is 2.44 bits per heavy atom. The minimum Gasteiger partial charge on any atom is -0.308 e. The van der Waals surface area contributed by atoms with Gasteiger partial charge in [0.05, 0.1) is 12.2 Å². The largest absolute Gasteiger partial charge is 0.308 e. The van der Waals surface area contributed by atoms with Crippen molar-refractivity contribution >= 4 is 0 Å². The average molecular weight is 249 g/mol. The minimum atomic E-state index is 0.133. The summed E-state index contributed by atoms with van der Waals surface area (Å²) in [6.07, 6.45) is 1.01. The maximum absolute atomic E-state index is 4.61. The Balaban J connectivity index is 2.84. The molecule has 1 heterocycles. The van der Waals surface area contributed by atoms with Gasteiger partial charge in [-0.15, -0.1) is 0 Å². The Hall–Kier alpha value is -1.09. The van der Waals surface area contributed by atoms with Gasteiger partial charge in [-0.05, 0) is 41.0 Å². The van der Waals surface area contributed by atoms with E-state index < -0.39 is 0 Å². The topological polar surface area (TPSA) is 29.9 Å². The van der Waals surface area contributed by atoms with Gasteiger partial charge in [-0.3, -0.25) is 4.68 Å². The van der Waals surface area contributed by atoms with Gasteiger partial charge < -0.3 is 5.32 Å². The molecule has 102 valence electrons. The zero-order valence-corrected chi connectivity index (χ0v) is 12.7.